The van der Waals surface area contributed by atoms with E-state index < -0.39 is 11.9 Å². The van der Waals surface area contributed by atoms with E-state index in [0.29, 0.717) is 0 Å². The zero-order valence-corrected chi connectivity index (χ0v) is 9.01. The van der Waals surface area contributed by atoms with Gasteiger partial charge < -0.3 is 9.47 Å². The van der Waals surface area contributed by atoms with E-state index in [2.05, 4.69) is 9.97 Å². The Labute approximate surface area is 92.8 Å². The smallest absolute Gasteiger partial charge is 0.329 e. The summed E-state index contributed by atoms with van der Waals surface area (Å²) in [6, 6.07) is 1.82. The first-order chi connectivity index (χ1) is 7.72. The summed E-state index contributed by atoms with van der Waals surface area (Å²) in [5.74, 6) is -1.45. The van der Waals surface area contributed by atoms with Crippen LogP contribution in [-0.4, -0.2) is 29.7 Å². The van der Waals surface area contributed by atoms with Gasteiger partial charge in [0.25, 0.3) is 0 Å². The Bertz CT molecular complexity index is 414. The van der Waals surface area contributed by atoms with Gasteiger partial charge in [0.2, 0.25) is 5.88 Å². The number of carbonyl (C=O) groups excluding carboxylic acids is 1. The van der Waals surface area contributed by atoms with Crippen molar-refractivity contribution in [3.05, 3.63) is 18.1 Å². The second-order valence-electron chi connectivity index (χ2n) is 2.80. The lowest BCUT2D eigenvalue weighted by molar-refractivity contribution is -0.143. The number of methoxy groups -OCH3 is 1. The van der Waals surface area contributed by atoms with Gasteiger partial charge in [0.1, 0.15) is 0 Å². The van der Waals surface area contributed by atoms with Crippen LogP contribution >= 0.6 is 0 Å². The fraction of sp³-hybridized carbons (Fsp3) is 0.400. The topological polar surface area (TPSA) is 85.1 Å². The molecule has 6 heteroatoms. The van der Waals surface area contributed by atoms with Crippen LogP contribution in [0.5, 0.6) is 5.88 Å². The first-order valence-electron chi connectivity index (χ1n) is 4.65. The van der Waals surface area contributed by atoms with Gasteiger partial charge >= 0.3 is 5.97 Å². The third-order valence-electron chi connectivity index (χ3n) is 1.79. The van der Waals surface area contributed by atoms with Gasteiger partial charge in [-0.15, -0.1) is 0 Å². The molecule has 0 fully saturated rings. The molecule has 0 aromatic carbocycles. The number of nitriles is 1. The zero-order valence-electron chi connectivity index (χ0n) is 9.01. The number of esters is 1. The van der Waals surface area contributed by atoms with Crippen molar-refractivity contribution < 1.29 is 14.3 Å². The first-order valence-corrected chi connectivity index (χ1v) is 4.65. The van der Waals surface area contributed by atoms with Gasteiger partial charge in [-0.05, 0) is 6.92 Å². The van der Waals surface area contributed by atoms with Gasteiger partial charge in [-0.25, -0.2) is 4.98 Å². The number of nitrogens with zero attached hydrogens (tertiary/aromatic N) is 3. The van der Waals surface area contributed by atoms with Gasteiger partial charge in [0.15, 0.2) is 5.92 Å². The maximum atomic E-state index is 11.4. The molecular weight excluding hydrogens is 210 g/mol. The molecule has 6 nitrogen and oxygen atoms in total. The molecule has 1 aromatic rings. The number of ether oxygens (including phenoxy) is 2. The highest BCUT2D eigenvalue weighted by atomic mass is 16.5. The van der Waals surface area contributed by atoms with Crippen LogP contribution in [0.25, 0.3) is 0 Å². The highest BCUT2D eigenvalue weighted by Crippen LogP contribution is 2.15. The molecule has 0 aliphatic carbocycles. The SMILES string of the molecule is CCOC(=O)C(C#N)c1cncc(OC)n1. The number of carbonyl (C=O) groups is 1. The molecule has 0 aliphatic rings. The molecule has 1 aromatic heterocycles. The van der Waals surface area contributed by atoms with Gasteiger partial charge in [-0.2, -0.15) is 5.26 Å². The molecular formula is C10H11N3O3. The van der Waals surface area contributed by atoms with Crippen molar-refractivity contribution in [1.82, 2.24) is 9.97 Å². The largest absolute Gasteiger partial charge is 0.480 e. The van der Waals surface area contributed by atoms with Crippen molar-refractivity contribution in [2.24, 2.45) is 0 Å². The van der Waals surface area contributed by atoms with Crippen molar-refractivity contribution in [1.29, 1.82) is 5.26 Å². The average Bonchev–Trinajstić information content (AvgIpc) is 2.31. The lowest BCUT2D eigenvalue weighted by Gasteiger charge is -2.07. The van der Waals surface area contributed by atoms with Crippen LogP contribution < -0.4 is 4.74 Å². The maximum Gasteiger partial charge on any atom is 0.329 e. The summed E-state index contributed by atoms with van der Waals surface area (Å²) in [5.41, 5.74) is 0.223. The molecule has 0 N–H and O–H groups in total. The van der Waals surface area contributed by atoms with Crippen LogP contribution in [0.1, 0.15) is 18.5 Å². The van der Waals surface area contributed by atoms with Crippen molar-refractivity contribution >= 4 is 5.97 Å². The van der Waals surface area contributed by atoms with E-state index in [1.807, 2.05) is 6.07 Å². The van der Waals surface area contributed by atoms with Gasteiger partial charge in [-0.1, -0.05) is 0 Å². The Balaban J connectivity index is 2.95. The van der Waals surface area contributed by atoms with Crippen LogP contribution in [-0.2, 0) is 9.53 Å². The summed E-state index contributed by atoms with van der Waals surface area (Å²) in [4.78, 5) is 19.2. The van der Waals surface area contributed by atoms with E-state index in [0.717, 1.165) is 0 Å². The summed E-state index contributed by atoms with van der Waals surface area (Å²) in [5, 5.41) is 8.88. The molecule has 1 rings (SSSR count). The monoisotopic (exact) mass is 221 g/mol. The summed E-state index contributed by atoms with van der Waals surface area (Å²) >= 11 is 0. The highest BCUT2D eigenvalue weighted by molar-refractivity contribution is 5.80. The lowest BCUT2D eigenvalue weighted by atomic mass is 10.1. The molecule has 1 atom stereocenters. The second kappa shape index (κ2) is 5.66. The fourth-order valence-electron chi connectivity index (χ4n) is 1.06. The quantitative estimate of drug-likeness (QED) is 0.694. The number of aromatic nitrogens is 2. The van der Waals surface area contributed by atoms with E-state index in [9.17, 15) is 4.79 Å². The first kappa shape index (κ1) is 11.9. The molecule has 0 radical (unpaired) electrons. The van der Waals surface area contributed by atoms with Crippen LogP contribution in [0.2, 0.25) is 0 Å². The number of hydrogen-bond acceptors (Lipinski definition) is 6. The van der Waals surface area contributed by atoms with Crippen molar-refractivity contribution in [3.63, 3.8) is 0 Å². The van der Waals surface area contributed by atoms with E-state index in [1.54, 1.807) is 6.92 Å². The van der Waals surface area contributed by atoms with Crippen molar-refractivity contribution in [2.45, 2.75) is 12.8 Å². The predicted octanol–water partition coefficient (Wildman–Crippen LogP) is 0.655. The zero-order chi connectivity index (χ0) is 12.0. The second-order valence-corrected chi connectivity index (χ2v) is 2.80. The molecule has 1 unspecified atom stereocenters. The minimum atomic E-state index is -1.07. The van der Waals surface area contributed by atoms with E-state index >= 15 is 0 Å². The summed E-state index contributed by atoms with van der Waals surface area (Å²) < 4.78 is 9.61. The molecule has 0 saturated heterocycles. The molecule has 0 aliphatic heterocycles. The van der Waals surface area contributed by atoms with E-state index in [1.165, 1.54) is 19.5 Å². The number of rotatable bonds is 4. The Kier molecular flexibility index (Phi) is 4.21. The Morgan fingerprint density at radius 1 is 1.62 bits per heavy atom. The molecule has 84 valence electrons. The van der Waals surface area contributed by atoms with E-state index in [-0.39, 0.29) is 18.2 Å². The van der Waals surface area contributed by atoms with Gasteiger partial charge in [0.05, 0.1) is 37.9 Å². The molecule has 0 spiro atoms. The minimum Gasteiger partial charge on any atom is -0.480 e. The molecule has 0 bridgehead atoms. The summed E-state index contributed by atoms with van der Waals surface area (Å²) in [6.07, 6.45) is 2.73. The predicted molar refractivity (Wildman–Crippen MR) is 53.6 cm³/mol. The highest BCUT2D eigenvalue weighted by Gasteiger charge is 2.23. The Morgan fingerprint density at radius 3 is 2.94 bits per heavy atom. The van der Waals surface area contributed by atoms with Gasteiger partial charge in [0, 0.05) is 0 Å². The van der Waals surface area contributed by atoms with Crippen LogP contribution in [0, 0.1) is 11.3 Å². The number of hydrogen-bond donors (Lipinski definition) is 0. The molecule has 0 amide bonds. The lowest BCUT2D eigenvalue weighted by Crippen LogP contribution is -2.16. The Hall–Kier alpha value is -2.16. The van der Waals surface area contributed by atoms with Gasteiger partial charge in [-0.3, -0.25) is 9.78 Å². The third-order valence-corrected chi connectivity index (χ3v) is 1.79. The van der Waals surface area contributed by atoms with Crippen molar-refractivity contribution in [2.75, 3.05) is 13.7 Å². The Morgan fingerprint density at radius 2 is 2.38 bits per heavy atom. The van der Waals surface area contributed by atoms with E-state index in [4.69, 9.17) is 14.7 Å². The fourth-order valence-corrected chi connectivity index (χ4v) is 1.06. The average molecular weight is 221 g/mol. The summed E-state index contributed by atoms with van der Waals surface area (Å²) in [6.45, 7) is 1.89. The third kappa shape index (κ3) is 2.67. The maximum absolute atomic E-state index is 11.4. The molecule has 1 heterocycles. The minimum absolute atomic E-state index is 0.217. The normalized spacial score (nSPS) is 11.3. The summed E-state index contributed by atoms with van der Waals surface area (Å²) in [7, 11) is 1.43. The molecule has 0 saturated carbocycles. The van der Waals surface area contributed by atoms with Crippen LogP contribution in [0.4, 0.5) is 0 Å². The molecule has 16 heavy (non-hydrogen) atoms. The standard InChI is InChI=1S/C10H11N3O3/c1-3-16-10(14)7(4-11)8-5-12-6-9(13-8)15-2/h5-7H,3H2,1-2H3. The van der Waals surface area contributed by atoms with Crippen LogP contribution in [0.3, 0.4) is 0 Å². The van der Waals surface area contributed by atoms with Crippen molar-refractivity contribution in [3.8, 4) is 11.9 Å². The van der Waals surface area contributed by atoms with Crippen LogP contribution in [0.15, 0.2) is 12.4 Å².